The summed E-state index contributed by atoms with van der Waals surface area (Å²) in [6.07, 6.45) is 1.06. The van der Waals surface area contributed by atoms with Gasteiger partial charge in [-0.3, -0.25) is 4.57 Å². The van der Waals surface area contributed by atoms with Crippen LogP contribution < -0.4 is 0 Å². The SMILES string of the molecule is CCC1c2ccccc2-c2cc3c4ccccc4n(-c4nc(-c5ccccc5)cc(-c5ccccc5)n4)c3cc21. The summed E-state index contributed by atoms with van der Waals surface area (Å²) in [5.41, 5.74) is 11.8. The molecule has 5 aromatic carbocycles. The Morgan fingerprint density at radius 2 is 1.18 bits per heavy atom. The van der Waals surface area contributed by atoms with Crippen molar-refractivity contribution < 1.29 is 0 Å². The molecular formula is C37H27N3. The van der Waals surface area contributed by atoms with Gasteiger partial charge in [0.1, 0.15) is 0 Å². The van der Waals surface area contributed by atoms with E-state index >= 15 is 0 Å². The van der Waals surface area contributed by atoms with Gasteiger partial charge in [0.05, 0.1) is 22.4 Å². The Morgan fingerprint density at radius 3 is 1.88 bits per heavy atom. The lowest BCUT2D eigenvalue weighted by Crippen LogP contribution is -2.04. The number of aromatic nitrogens is 3. The van der Waals surface area contributed by atoms with Gasteiger partial charge in [-0.15, -0.1) is 0 Å². The molecule has 0 saturated heterocycles. The fourth-order valence-electron chi connectivity index (χ4n) is 6.47. The smallest absolute Gasteiger partial charge is 0.235 e. The molecule has 7 aromatic rings. The average molecular weight is 514 g/mol. The summed E-state index contributed by atoms with van der Waals surface area (Å²) in [5.74, 6) is 1.08. The fourth-order valence-corrected chi connectivity index (χ4v) is 6.47. The van der Waals surface area contributed by atoms with E-state index in [0.717, 1.165) is 40.0 Å². The second-order valence-electron chi connectivity index (χ2n) is 10.5. The molecule has 1 aliphatic rings. The molecule has 0 radical (unpaired) electrons. The first kappa shape index (κ1) is 22.9. The van der Waals surface area contributed by atoms with Crippen molar-refractivity contribution in [3.05, 3.63) is 139 Å². The standard InChI is InChI=1S/C37H27N3/c1-2-26-27-17-9-10-18-28(27)30-21-32-29-19-11-12-20-35(29)40(36(32)22-31(26)30)37-38-33(24-13-5-3-6-14-24)23-34(39-37)25-15-7-4-8-16-25/h3-23,26H,2H2,1H3. The van der Waals surface area contributed by atoms with Crippen molar-refractivity contribution in [1.29, 1.82) is 0 Å². The summed E-state index contributed by atoms with van der Waals surface area (Å²) in [5, 5.41) is 2.45. The topological polar surface area (TPSA) is 30.7 Å². The quantitative estimate of drug-likeness (QED) is 0.235. The molecule has 190 valence electrons. The van der Waals surface area contributed by atoms with E-state index in [4.69, 9.17) is 9.97 Å². The molecule has 2 heterocycles. The van der Waals surface area contributed by atoms with Crippen molar-refractivity contribution >= 4 is 21.8 Å². The van der Waals surface area contributed by atoms with Crippen LogP contribution in [0.25, 0.3) is 61.4 Å². The van der Waals surface area contributed by atoms with E-state index < -0.39 is 0 Å². The highest BCUT2D eigenvalue weighted by atomic mass is 15.2. The van der Waals surface area contributed by atoms with Crippen LogP contribution >= 0.6 is 0 Å². The lowest BCUT2D eigenvalue weighted by molar-refractivity contribution is 0.797. The first-order valence-electron chi connectivity index (χ1n) is 14.0. The minimum absolute atomic E-state index is 0.388. The van der Waals surface area contributed by atoms with E-state index in [1.54, 1.807) is 0 Å². The number of hydrogen-bond donors (Lipinski definition) is 0. The molecule has 0 spiro atoms. The predicted octanol–water partition coefficient (Wildman–Crippen LogP) is 9.43. The Labute approximate surface area is 233 Å². The largest absolute Gasteiger partial charge is 0.278 e. The van der Waals surface area contributed by atoms with Crippen LogP contribution in [0, 0.1) is 0 Å². The van der Waals surface area contributed by atoms with E-state index in [-0.39, 0.29) is 0 Å². The van der Waals surface area contributed by atoms with E-state index in [1.165, 1.54) is 33.0 Å². The molecule has 1 unspecified atom stereocenters. The van der Waals surface area contributed by atoms with Gasteiger partial charge in [-0.1, -0.05) is 110 Å². The van der Waals surface area contributed by atoms with Crippen LogP contribution in [-0.4, -0.2) is 14.5 Å². The van der Waals surface area contributed by atoms with Crippen LogP contribution in [0.2, 0.25) is 0 Å². The zero-order valence-electron chi connectivity index (χ0n) is 22.3. The molecule has 8 rings (SSSR count). The summed E-state index contributed by atoms with van der Waals surface area (Å²) in [4.78, 5) is 10.4. The zero-order valence-corrected chi connectivity index (χ0v) is 22.3. The Balaban J connectivity index is 1.45. The second kappa shape index (κ2) is 9.03. The van der Waals surface area contributed by atoms with E-state index in [9.17, 15) is 0 Å². The molecule has 0 fully saturated rings. The van der Waals surface area contributed by atoms with Gasteiger partial charge in [0.15, 0.2) is 0 Å². The van der Waals surface area contributed by atoms with Crippen LogP contribution in [-0.2, 0) is 0 Å². The summed E-state index contributed by atoms with van der Waals surface area (Å²) in [7, 11) is 0. The number of nitrogens with zero attached hydrogens (tertiary/aromatic N) is 3. The Bertz CT molecular complexity index is 1980. The Kier molecular flexibility index (Phi) is 5.17. The van der Waals surface area contributed by atoms with Crippen LogP contribution in [0.4, 0.5) is 0 Å². The maximum absolute atomic E-state index is 5.20. The van der Waals surface area contributed by atoms with E-state index in [0.29, 0.717) is 11.9 Å². The highest BCUT2D eigenvalue weighted by Gasteiger charge is 2.29. The number of rotatable bonds is 4. The number of hydrogen-bond acceptors (Lipinski definition) is 2. The third kappa shape index (κ3) is 3.44. The molecule has 40 heavy (non-hydrogen) atoms. The summed E-state index contributed by atoms with van der Waals surface area (Å²) in [6, 6.07) is 45.2. The minimum atomic E-state index is 0.388. The molecule has 0 saturated carbocycles. The highest BCUT2D eigenvalue weighted by molar-refractivity contribution is 6.11. The molecule has 1 aliphatic carbocycles. The molecule has 0 aliphatic heterocycles. The maximum atomic E-state index is 5.20. The van der Waals surface area contributed by atoms with Crippen molar-refractivity contribution in [2.75, 3.05) is 0 Å². The van der Waals surface area contributed by atoms with Gasteiger partial charge >= 0.3 is 0 Å². The molecule has 0 bridgehead atoms. The van der Waals surface area contributed by atoms with Crippen LogP contribution in [0.5, 0.6) is 0 Å². The van der Waals surface area contributed by atoms with Gasteiger partial charge in [-0.25, -0.2) is 9.97 Å². The average Bonchev–Trinajstić information content (AvgIpc) is 3.52. The monoisotopic (exact) mass is 513 g/mol. The van der Waals surface area contributed by atoms with Crippen molar-refractivity contribution in [1.82, 2.24) is 14.5 Å². The number of para-hydroxylation sites is 1. The van der Waals surface area contributed by atoms with Crippen LogP contribution in [0.15, 0.2) is 127 Å². The van der Waals surface area contributed by atoms with Gasteiger partial charge < -0.3 is 0 Å². The molecule has 3 nitrogen and oxygen atoms in total. The molecule has 0 amide bonds. The van der Waals surface area contributed by atoms with Crippen molar-refractivity contribution in [2.24, 2.45) is 0 Å². The normalized spacial score (nSPS) is 14.0. The Morgan fingerprint density at radius 1 is 0.550 bits per heavy atom. The van der Waals surface area contributed by atoms with Gasteiger partial charge in [0.25, 0.3) is 0 Å². The van der Waals surface area contributed by atoms with E-state index in [2.05, 4.69) is 127 Å². The predicted molar refractivity (Wildman–Crippen MR) is 165 cm³/mol. The van der Waals surface area contributed by atoms with Crippen LogP contribution in [0.3, 0.4) is 0 Å². The van der Waals surface area contributed by atoms with Gasteiger partial charge in [-0.05, 0) is 52.9 Å². The van der Waals surface area contributed by atoms with Gasteiger partial charge in [0.2, 0.25) is 5.95 Å². The number of benzene rings is 5. The summed E-state index contributed by atoms with van der Waals surface area (Å²) < 4.78 is 2.26. The second-order valence-corrected chi connectivity index (χ2v) is 10.5. The first-order valence-corrected chi connectivity index (χ1v) is 14.0. The van der Waals surface area contributed by atoms with Crippen molar-refractivity contribution in [3.63, 3.8) is 0 Å². The van der Waals surface area contributed by atoms with Gasteiger partial charge in [0, 0.05) is 27.8 Å². The molecule has 0 N–H and O–H groups in total. The zero-order chi connectivity index (χ0) is 26.6. The minimum Gasteiger partial charge on any atom is -0.278 e. The molecule has 3 heteroatoms. The van der Waals surface area contributed by atoms with Crippen molar-refractivity contribution in [3.8, 4) is 39.6 Å². The number of fused-ring (bicyclic) bond motifs is 6. The lowest BCUT2D eigenvalue weighted by Gasteiger charge is -2.13. The highest BCUT2D eigenvalue weighted by Crippen LogP contribution is 2.49. The van der Waals surface area contributed by atoms with Crippen LogP contribution in [0.1, 0.15) is 30.4 Å². The summed E-state index contributed by atoms with van der Waals surface area (Å²) >= 11 is 0. The van der Waals surface area contributed by atoms with Crippen molar-refractivity contribution in [2.45, 2.75) is 19.3 Å². The lowest BCUT2D eigenvalue weighted by atomic mass is 9.94. The third-order valence-electron chi connectivity index (χ3n) is 8.31. The first-order chi connectivity index (χ1) is 19.8. The fraction of sp³-hybridized carbons (Fsp3) is 0.0811. The van der Waals surface area contributed by atoms with Gasteiger partial charge in [-0.2, -0.15) is 0 Å². The molecular weight excluding hydrogens is 486 g/mol. The Hall–Kier alpha value is -5.02. The third-order valence-corrected chi connectivity index (χ3v) is 8.31. The summed E-state index contributed by atoms with van der Waals surface area (Å²) in [6.45, 7) is 2.29. The molecule has 1 atom stereocenters. The molecule has 2 aromatic heterocycles. The van der Waals surface area contributed by atoms with E-state index in [1.807, 2.05) is 12.1 Å². The maximum Gasteiger partial charge on any atom is 0.235 e.